The number of carbonyl (C=O) groups is 2. The van der Waals surface area contributed by atoms with Crippen LogP contribution in [0.4, 0.5) is 4.39 Å². The van der Waals surface area contributed by atoms with Gasteiger partial charge in [0.25, 0.3) is 5.91 Å². The number of halogens is 1. The van der Waals surface area contributed by atoms with Gasteiger partial charge in [0.05, 0.1) is 25.5 Å². The van der Waals surface area contributed by atoms with Crippen molar-refractivity contribution in [1.82, 2.24) is 19.7 Å². The fourth-order valence-corrected chi connectivity index (χ4v) is 4.71. The first-order valence-electron chi connectivity index (χ1n) is 10.1. The number of hydrogen-bond acceptors (Lipinski definition) is 6. The highest BCUT2D eigenvalue weighted by Gasteiger charge is 2.27. The quantitative estimate of drug-likeness (QED) is 0.738. The summed E-state index contributed by atoms with van der Waals surface area (Å²) in [7, 11) is 0. The van der Waals surface area contributed by atoms with Crippen LogP contribution in [0.1, 0.15) is 15.4 Å². The molecule has 0 N–H and O–H groups in total. The van der Waals surface area contributed by atoms with Crippen LogP contribution in [0.2, 0.25) is 0 Å². The van der Waals surface area contributed by atoms with E-state index in [1.807, 2.05) is 16.7 Å². The van der Waals surface area contributed by atoms with Crippen LogP contribution in [0.3, 0.4) is 0 Å². The average Bonchev–Trinajstić information content (AvgIpc) is 3.16. The summed E-state index contributed by atoms with van der Waals surface area (Å²) in [5.41, 5.74) is 1.49. The van der Waals surface area contributed by atoms with Gasteiger partial charge >= 0.3 is 0 Å². The number of aryl methyl sites for hydroxylation is 1. The molecule has 2 aromatic rings. The number of carbonyl (C=O) groups excluding carboxylic acids is 2. The summed E-state index contributed by atoms with van der Waals surface area (Å²) in [6.07, 6.45) is 0. The van der Waals surface area contributed by atoms with Gasteiger partial charge in [-0.2, -0.15) is 0 Å². The smallest absolute Gasteiger partial charge is 0.265 e. The predicted molar refractivity (Wildman–Crippen MR) is 112 cm³/mol. The summed E-state index contributed by atoms with van der Waals surface area (Å²) >= 11 is 1.34. The number of ether oxygens (including phenoxy) is 1. The number of rotatable bonds is 4. The Morgan fingerprint density at radius 3 is 2.37 bits per heavy atom. The molecule has 0 saturated carbocycles. The monoisotopic (exact) mass is 432 g/mol. The molecule has 30 heavy (non-hydrogen) atoms. The molecular weight excluding hydrogens is 407 g/mol. The molecule has 0 aliphatic carbocycles. The largest absolute Gasteiger partial charge is 0.378 e. The summed E-state index contributed by atoms with van der Waals surface area (Å²) in [6.45, 7) is 7.22. The summed E-state index contributed by atoms with van der Waals surface area (Å²) < 4.78 is 18.5. The van der Waals surface area contributed by atoms with Gasteiger partial charge < -0.3 is 14.5 Å². The SMILES string of the molecule is Cc1nc(-c2ccc(F)cc2)sc1C(=O)N1CCN(CC(=O)N2CCOCC2)CC1. The Labute approximate surface area is 179 Å². The van der Waals surface area contributed by atoms with Gasteiger partial charge in [0.2, 0.25) is 5.91 Å². The van der Waals surface area contributed by atoms with E-state index in [2.05, 4.69) is 9.88 Å². The lowest BCUT2D eigenvalue weighted by atomic mass is 10.2. The maximum Gasteiger partial charge on any atom is 0.265 e. The van der Waals surface area contributed by atoms with E-state index in [0.29, 0.717) is 74.6 Å². The topological polar surface area (TPSA) is 66.0 Å². The number of nitrogens with zero attached hydrogens (tertiary/aromatic N) is 4. The van der Waals surface area contributed by atoms with Crippen molar-refractivity contribution in [3.63, 3.8) is 0 Å². The number of morpholine rings is 1. The minimum atomic E-state index is -0.298. The molecule has 2 aliphatic heterocycles. The van der Waals surface area contributed by atoms with Gasteiger partial charge in [-0.1, -0.05) is 0 Å². The van der Waals surface area contributed by atoms with Crippen molar-refractivity contribution in [2.24, 2.45) is 0 Å². The molecule has 1 aromatic heterocycles. The van der Waals surface area contributed by atoms with Crippen molar-refractivity contribution in [2.45, 2.75) is 6.92 Å². The maximum absolute atomic E-state index is 13.2. The molecule has 0 unspecified atom stereocenters. The molecule has 9 heteroatoms. The highest BCUT2D eigenvalue weighted by Crippen LogP contribution is 2.29. The van der Waals surface area contributed by atoms with Crippen LogP contribution in [0.25, 0.3) is 10.6 Å². The van der Waals surface area contributed by atoms with Crippen LogP contribution in [-0.2, 0) is 9.53 Å². The van der Waals surface area contributed by atoms with E-state index in [0.717, 1.165) is 5.56 Å². The van der Waals surface area contributed by atoms with Gasteiger partial charge in [0.1, 0.15) is 15.7 Å². The molecule has 2 aliphatic rings. The number of benzene rings is 1. The highest BCUT2D eigenvalue weighted by molar-refractivity contribution is 7.17. The number of piperazine rings is 1. The Kier molecular flexibility index (Phi) is 6.40. The molecule has 7 nitrogen and oxygen atoms in total. The molecule has 0 atom stereocenters. The number of aromatic nitrogens is 1. The third-order valence-electron chi connectivity index (χ3n) is 5.46. The summed E-state index contributed by atoms with van der Waals surface area (Å²) in [4.78, 5) is 36.3. The lowest BCUT2D eigenvalue weighted by molar-refractivity contribution is -0.136. The van der Waals surface area contributed by atoms with Crippen molar-refractivity contribution in [3.05, 3.63) is 40.7 Å². The summed E-state index contributed by atoms with van der Waals surface area (Å²) in [6, 6.07) is 6.13. The molecule has 0 radical (unpaired) electrons. The first kappa shape index (κ1) is 20.9. The molecular formula is C21H25FN4O3S. The minimum Gasteiger partial charge on any atom is -0.378 e. The van der Waals surface area contributed by atoms with Gasteiger partial charge in [-0.3, -0.25) is 14.5 Å². The third kappa shape index (κ3) is 4.69. The van der Waals surface area contributed by atoms with E-state index in [1.165, 1.54) is 23.5 Å². The molecule has 160 valence electrons. The molecule has 2 amide bonds. The third-order valence-corrected chi connectivity index (χ3v) is 6.66. The highest BCUT2D eigenvalue weighted by atomic mass is 32.1. The van der Waals surface area contributed by atoms with E-state index >= 15 is 0 Å². The Bertz CT molecular complexity index is 903. The molecule has 2 saturated heterocycles. The maximum atomic E-state index is 13.2. The molecule has 0 spiro atoms. The average molecular weight is 433 g/mol. The molecule has 4 rings (SSSR count). The predicted octanol–water partition coefficient (Wildman–Crippen LogP) is 1.87. The van der Waals surface area contributed by atoms with Crippen LogP contribution < -0.4 is 0 Å². The zero-order valence-corrected chi connectivity index (χ0v) is 17.8. The Morgan fingerprint density at radius 1 is 1.03 bits per heavy atom. The Balaban J connectivity index is 1.34. The van der Waals surface area contributed by atoms with Crippen LogP contribution in [0.5, 0.6) is 0 Å². The molecule has 2 fully saturated rings. The standard InChI is InChI=1S/C21H25FN4O3S/c1-15-19(30-20(23-15)16-2-4-17(22)5-3-16)21(28)26-8-6-24(7-9-26)14-18(27)25-10-12-29-13-11-25/h2-5H,6-14H2,1H3. The van der Waals surface area contributed by atoms with Crippen LogP contribution >= 0.6 is 11.3 Å². The minimum absolute atomic E-state index is 0.0301. The van der Waals surface area contributed by atoms with Crippen LogP contribution in [-0.4, -0.2) is 90.5 Å². The van der Waals surface area contributed by atoms with E-state index in [9.17, 15) is 14.0 Å². The number of thiazole rings is 1. The van der Waals surface area contributed by atoms with Gasteiger partial charge in [-0.15, -0.1) is 11.3 Å². The van der Waals surface area contributed by atoms with Crippen molar-refractivity contribution >= 4 is 23.2 Å². The van der Waals surface area contributed by atoms with E-state index in [1.54, 1.807) is 12.1 Å². The van der Waals surface area contributed by atoms with Gasteiger partial charge in [-0.25, -0.2) is 9.37 Å². The second kappa shape index (κ2) is 9.20. The fraction of sp³-hybridized carbons (Fsp3) is 0.476. The van der Waals surface area contributed by atoms with Crippen molar-refractivity contribution in [1.29, 1.82) is 0 Å². The normalized spacial score (nSPS) is 17.9. The molecule has 3 heterocycles. The number of amides is 2. The van der Waals surface area contributed by atoms with Crippen molar-refractivity contribution < 1.29 is 18.7 Å². The van der Waals surface area contributed by atoms with E-state index in [4.69, 9.17) is 4.74 Å². The lowest BCUT2D eigenvalue weighted by Gasteiger charge is -2.35. The van der Waals surface area contributed by atoms with E-state index in [-0.39, 0.29) is 17.6 Å². The van der Waals surface area contributed by atoms with E-state index < -0.39 is 0 Å². The second-order valence-electron chi connectivity index (χ2n) is 7.50. The lowest BCUT2D eigenvalue weighted by Crippen LogP contribution is -2.52. The van der Waals surface area contributed by atoms with Gasteiger partial charge in [0.15, 0.2) is 0 Å². The van der Waals surface area contributed by atoms with Crippen LogP contribution in [0.15, 0.2) is 24.3 Å². The second-order valence-corrected chi connectivity index (χ2v) is 8.50. The molecule has 0 bridgehead atoms. The van der Waals surface area contributed by atoms with Crippen LogP contribution in [0, 0.1) is 12.7 Å². The Hall–Kier alpha value is -2.36. The first-order chi connectivity index (χ1) is 14.5. The van der Waals surface area contributed by atoms with Crippen molar-refractivity contribution in [3.8, 4) is 10.6 Å². The summed E-state index contributed by atoms with van der Waals surface area (Å²) in [5.74, 6) is -0.203. The van der Waals surface area contributed by atoms with Gasteiger partial charge in [0, 0.05) is 44.8 Å². The Morgan fingerprint density at radius 2 is 1.70 bits per heavy atom. The first-order valence-corrected chi connectivity index (χ1v) is 10.9. The summed E-state index contributed by atoms with van der Waals surface area (Å²) in [5, 5.41) is 0.714. The molecule has 1 aromatic carbocycles. The zero-order chi connectivity index (χ0) is 21.1. The van der Waals surface area contributed by atoms with Gasteiger partial charge in [-0.05, 0) is 31.2 Å². The fourth-order valence-electron chi connectivity index (χ4n) is 3.67. The zero-order valence-electron chi connectivity index (χ0n) is 17.0. The van der Waals surface area contributed by atoms with Crippen molar-refractivity contribution in [2.75, 3.05) is 59.0 Å². The number of hydrogen-bond donors (Lipinski definition) is 0.